The fourth-order valence-corrected chi connectivity index (χ4v) is 3.27. The van der Waals surface area contributed by atoms with Gasteiger partial charge in [0.1, 0.15) is 5.82 Å². The molecular weight excluding hydrogens is 317 g/mol. The van der Waals surface area contributed by atoms with E-state index < -0.39 is 0 Å². The molecule has 3 aromatic rings. The molecule has 5 heteroatoms. The van der Waals surface area contributed by atoms with Crippen molar-refractivity contribution in [2.75, 3.05) is 6.54 Å². The topological polar surface area (TPSA) is 42.2 Å². The minimum Gasteiger partial charge on any atom is -0.338 e. The number of fused-ring (bicyclic) bond motifs is 1. The van der Waals surface area contributed by atoms with Gasteiger partial charge in [-0.2, -0.15) is 4.98 Å². The van der Waals surface area contributed by atoms with E-state index in [1.54, 1.807) is 6.07 Å². The lowest BCUT2D eigenvalue weighted by molar-refractivity contribution is 0.210. The number of hydrogen-bond acceptors (Lipinski definition) is 4. The molecule has 4 nitrogen and oxygen atoms in total. The van der Waals surface area contributed by atoms with E-state index in [0.29, 0.717) is 12.4 Å². The molecule has 1 aromatic heterocycles. The molecule has 0 saturated heterocycles. The fraction of sp³-hybridized carbons (Fsp3) is 0.300. The van der Waals surface area contributed by atoms with Crippen molar-refractivity contribution in [1.29, 1.82) is 0 Å². The third-order valence-electron chi connectivity index (χ3n) is 4.61. The summed E-state index contributed by atoms with van der Waals surface area (Å²) >= 11 is 0. The molecule has 1 aliphatic heterocycles. The maximum absolute atomic E-state index is 13.4. The van der Waals surface area contributed by atoms with E-state index in [1.165, 1.54) is 17.2 Å². The smallest absolute Gasteiger partial charge is 0.240 e. The van der Waals surface area contributed by atoms with Crippen molar-refractivity contribution in [3.63, 3.8) is 0 Å². The molecule has 1 aliphatic rings. The van der Waals surface area contributed by atoms with E-state index in [4.69, 9.17) is 4.52 Å². The molecule has 0 atom stereocenters. The number of aryl methyl sites for hydroxylation is 2. The van der Waals surface area contributed by atoms with Gasteiger partial charge in [0, 0.05) is 19.5 Å². The van der Waals surface area contributed by atoms with Gasteiger partial charge >= 0.3 is 0 Å². The van der Waals surface area contributed by atoms with Crippen LogP contribution in [0.1, 0.15) is 28.4 Å². The zero-order valence-electron chi connectivity index (χ0n) is 14.0. The maximum Gasteiger partial charge on any atom is 0.240 e. The Morgan fingerprint density at radius 2 is 1.92 bits per heavy atom. The van der Waals surface area contributed by atoms with E-state index in [9.17, 15) is 4.39 Å². The second-order valence-electron chi connectivity index (χ2n) is 6.46. The summed E-state index contributed by atoms with van der Waals surface area (Å²) in [7, 11) is 0. The molecule has 25 heavy (non-hydrogen) atoms. The van der Waals surface area contributed by atoms with Crippen LogP contribution in [0.5, 0.6) is 0 Å². The van der Waals surface area contributed by atoms with E-state index >= 15 is 0 Å². The first-order valence-corrected chi connectivity index (χ1v) is 8.61. The highest BCUT2D eigenvalue weighted by Crippen LogP contribution is 2.21. The normalized spacial score (nSPS) is 14.4. The second-order valence-corrected chi connectivity index (χ2v) is 6.46. The van der Waals surface area contributed by atoms with Gasteiger partial charge in [0.15, 0.2) is 5.82 Å². The van der Waals surface area contributed by atoms with Gasteiger partial charge < -0.3 is 4.52 Å². The molecule has 4 rings (SSSR count). The van der Waals surface area contributed by atoms with Crippen LogP contribution in [0.3, 0.4) is 0 Å². The van der Waals surface area contributed by atoms with Crippen LogP contribution in [0.2, 0.25) is 0 Å². The lowest BCUT2D eigenvalue weighted by Crippen LogP contribution is -2.30. The number of nitrogens with zero attached hydrogens (tertiary/aromatic N) is 3. The summed E-state index contributed by atoms with van der Waals surface area (Å²) < 4.78 is 18.8. The Labute approximate surface area is 146 Å². The van der Waals surface area contributed by atoms with Gasteiger partial charge in [0.2, 0.25) is 5.89 Å². The number of rotatable bonds is 5. The maximum atomic E-state index is 13.4. The average Bonchev–Trinajstić information content (AvgIpc) is 3.08. The van der Waals surface area contributed by atoms with Crippen LogP contribution in [0.4, 0.5) is 4.39 Å². The Morgan fingerprint density at radius 1 is 1.04 bits per heavy atom. The number of benzene rings is 2. The van der Waals surface area contributed by atoms with Crippen molar-refractivity contribution in [2.45, 2.75) is 32.4 Å². The summed E-state index contributed by atoms with van der Waals surface area (Å²) in [4.78, 5) is 6.72. The van der Waals surface area contributed by atoms with Crippen molar-refractivity contribution >= 4 is 0 Å². The Kier molecular flexibility index (Phi) is 4.57. The first-order chi connectivity index (χ1) is 12.3. The molecule has 2 heterocycles. The summed E-state index contributed by atoms with van der Waals surface area (Å²) in [6.07, 6.45) is 2.59. The summed E-state index contributed by atoms with van der Waals surface area (Å²) in [5.74, 6) is 1.19. The molecule has 0 spiro atoms. The lowest BCUT2D eigenvalue weighted by atomic mass is 10.00. The molecule has 0 fully saturated rings. The van der Waals surface area contributed by atoms with Crippen LogP contribution in [0.15, 0.2) is 53.1 Å². The first kappa shape index (κ1) is 16.0. The summed E-state index contributed by atoms with van der Waals surface area (Å²) in [5.41, 5.74) is 3.55. The van der Waals surface area contributed by atoms with Crippen LogP contribution in [-0.4, -0.2) is 21.6 Å². The lowest BCUT2D eigenvalue weighted by Gasteiger charge is -2.27. The predicted molar refractivity (Wildman–Crippen MR) is 92.4 cm³/mol. The highest BCUT2D eigenvalue weighted by Gasteiger charge is 2.19. The molecule has 128 valence electrons. The van der Waals surface area contributed by atoms with Crippen LogP contribution < -0.4 is 0 Å². The van der Waals surface area contributed by atoms with Gasteiger partial charge in [-0.25, -0.2) is 4.39 Å². The van der Waals surface area contributed by atoms with Gasteiger partial charge in [0.25, 0.3) is 0 Å². The quantitative estimate of drug-likeness (QED) is 0.714. The zero-order chi connectivity index (χ0) is 17.1. The average molecular weight is 337 g/mol. The monoisotopic (exact) mass is 337 g/mol. The summed E-state index contributed by atoms with van der Waals surface area (Å²) in [6.45, 7) is 2.24. The minimum atomic E-state index is -0.179. The minimum absolute atomic E-state index is 0.179. The van der Waals surface area contributed by atoms with Gasteiger partial charge in [-0.05, 0) is 41.7 Å². The van der Waals surface area contributed by atoms with Crippen molar-refractivity contribution in [3.8, 4) is 0 Å². The van der Waals surface area contributed by atoms with Crippen LogP contribution in [-0.2, 0) is 32.4 Å². The van der Waals surface area contributed by atoms with Crippen LogP contribution in [0, 0.1) is 5.82 Å². The van der Waals surface area contributed by atoms with Crippen LogP contribution in [0.25, 0.3) is 0 Å². The van der Waals surface area contributed by atoms with E-state index in [0.717, 1.165) is 43.7 Å². The molecule has 0 saturated carbocycles. The number of aromatic nitrogens is 2. The Bertz CT molecular complexity index is 847. The standard InChI is InChI=1S/C20H20FN3O/c21-18-8-7-16-10-11-24(13-17(16)12-18)14-20-22-19(23-25-20)9-6-15-4-2-1-3-5-15/h1-5,7-8,12H,6,9-11,13-14H2. The molecule has 0 bridgehead atoms. The molecule has 0 radical (unpaired) electrons. The SMILES string of the molecule is Fc1ccc2c(c1)CN(Cc1nc(CCc3ccccc3)no1)CC2. The third kappa shape index (κ3) is 3.94. The first-order valence-electron chi connectivity index (χ1n) is 8.61. The third-order valence-corrected chi connectivity index (χ3v) is 4.61. The van der Waals surface area contributed by atoms with Gasteiger partial charge in [-0.15, -0.1) is 0 Å². The molecule has 2 aromatic carbocycles. The van der Waals surface area contributed by atoms with Crippen molar-refractivity contribution in [1.82, 2.24) is 15.0 Å². The van der Waals surface area contributed by atoms with Crippen LogP contribution >= 0.6 is 0 Å². The molecular formula is C20H20FN3O. The zero-order valence-corrected chi connectivity index (χ0v) is 14.0. The molecule has 0 aliphatic carbocycles. The number of hydrogen-bond donors (Lipinski definition) is 0. The van der Waals surface area contributed by atoms with Crippen molar-refractivity contribution < 1.29 is 8.91 Å². The van der Waals surface area contributed by atoms with E-state index in [-0.39, 0.29) is 5.82 Å². The Hall–Kier alpha value is -2.53. The number of halogens is 1. The fourth-order valence-electron chi connectivity index (χ4n) is 3.27. The summed E-state index contributed by atoms with van der Waals surface area (Å²) in [6, 6.07) is 15.3. The van der Waals surface area contributed by atoms with Crippen molar-refractivity contribution in [3.05, 3.63) is 82.8 Å². The summed E-state index contributed by atoms with van der Waals surface area (Å²) in [5, 5.41) is 4.08. The van der Waals surface area contributed by atoms with Gasteiger partial charge in [0.05, 0.1) is 6.54 Å². The van der Waals surface area contributed by atoms with Crippen molar-refractivity contribution in [2.24, 2.45) is 0 Å². The second kappa shape index (κ2) is 7.15. The molecule has 0 unspecified atom stereocenters. The highest BCUT2D eigenvalue weighted by molar-refractivity contribution is 5.30. The van der Waals surface area contributed by atoms with Gasteiger partial charge in [-0.3, -0.25) is 4.90 Å². The molecule has 0 amide bonds. The van der Waals surface area contributed by atoms with Gasteiger partial charge in [-0.1, -0.05) is 41.6 Å². The Morgan fingerprint density at radius 3 is 2.80 bits per heavy atom. The molecule has 0 N–H and O–H groups in total. The van der Waals surface area contributed by atoms with E-state index in [1.807, 2.05) is 24.3 Å². The highest BCUT2D eigenvalue weighted by atomic mass is 19.1. The Balaban J connectivity index is 1.35. The largest absolute Gasteiger partial charge is 0.338 e. The predicted octanol–water partition coefficient (Wildman–Crippen LogP) is 3.55. The van der Waals surface area contributed by atoms with E-state index in [2.05, 4.69) is 27.2 Å².